The molecule has 3 atom stereocenters. The molecule has 4 nitrogen and oxygen atoms in total. The number of nitrogens with zero attached hydrogens (tertiary/aromatic N) is 2. The molecule has 2 aliphatic rings. The largest absolute Gasteiger partial charge is 0.342 e. The first-order chi connectivity index (χ1) is 18.8. The maximum atomic E-state index is 4.09. The first-order valence-corrected chi connectivity index (χ1v) is 16.5. The standard InChI is InChI=1S/C31H27N4P3/c1-24-14-13-21-28-31(24)33-37(26-17-7-3-8-18-26)35-30-23-12-11-22-29(30)34(38(35)27-19-9-4-10-20-27)36(32-28)25-15-5-2-6-16-25/h2-23,32-33H,1H3. The van der Waals surface area contributed by atoms with Crippen molar-refractivity contribution in [3.63, 3.8) is 0 Å². The van der Waals surface area contributed by atoms with Crippen molar-refractivity contribution in [2.75, 3.05) is 19.1 Å². The van der Waals surface area contributed by atoms with Crippen molar-refractivity contribution in [3.05, 3.63) is 139 Å². The van der Waals surface area contributed by atoms with Crippen LogP contribution in [0.4, 0.5) is 22.7 Å². The Morgan fingerprint density at radius 3 is 1.50 bits per heavy atom. The Balaban J connectivity index is 1.54. The SMILES string of the molecule is Cc1cccc2c1NP(c1ccccc1)N1c3ccccc3N(P(c3ccccc3)N2)P1c1ccccc1. The third kappa shape index (κ3) is 4.05. The van der Waals surface area contributed by atoms with Gasteiger partial charge in [0.1, 0.15) is 24.7 Å². The molecule has 0 saturated heterocycles. The molecule has 7 rings (SSSR count). The molecule has 0 aromatic heterocycles. The van der Waals surface area contributed by atoms with E-state index in [1.807, 2.05) is 0 Å². The van der Waals surface area contributed by atoms with E-state index in [-0.39, 0.29) is 0 Å². The van der Waals surface area contributed by atoms with E-state index in [0.29, 0.717) is 0 Å². The topological polar surface area (TPSA) is 30.5 Å². The zero-order chi connectivity index (χ0) is 25.5. The number of anilines is 4. The Bertz CT molecular complexity index is 1570. The molecular weight excluding hydrogens is 521 g/mol. The van der Waals surface area contributed by atoms with E-state index >= 15 is 0 Å². The molecule has 38 heavy (non-hydrogen) atoms. The first kappa shape index (κ1) is 23.7. The Morgan fingerprint density at radius 1 is 0.474 bits per heavy atom. The summed E-state index contributed by atoms with van der Waals surface area (Å²) >= 11 is 0. The van der Waals surface area contributed by atoms with Crippen LogP contribution in [0.25, 0.3) is 0 Å². The van der Waals surface area contributed by atoms with Gasteiger partial charge >= 0.3 is 0 Å². The predicted molar refractivity (Wildman–Crippen MR) is 169 cm³/mol. The minimum Gasteiger partial charge on any atom is -0.342 e. The van der Waals surface area contributed by atoms with Crippen LogP contribution in [0.3, 0.4) is 0 Å². The number of nitrogens with one attached hydrogen (secondary N) is 2. The van der Waals surface area contributed by atoms with Crippen LogP contribution < -0.4 is 35.0 Å². The quantitative estimate of drug-likeness (QED) is 0.223. The van der Waals surface area contributed by atoms with E-state index in [4.69, 9.17) is 0 Å². The fourth-order valence-electron chi connectivity index (χ4n) is 4.96. The average molecular weight is 549 g/mol. The predicted octanol–water partition coefficient (Wildman–Crippen LogP) is 8.07. The van der Waals surface area contributed by atoms with E-state index < -0.39 is 24.7 Å². The molecule has 2 N–H and O–H groups in total. The normalized spacial score (nSPS) is 19.8. The molecule has 2 heterocycles. The van der Waals surface area contributed by atoms with Crippen molar-refractivity contribution >= 4 is 63.3 Å². The number of hydrogen-bond donors (Lipinski definition) is 2. The van der Waals surface area contributed by atoms with Crippen molar-refractivity contribution in [2.45, 2.75) is 6.92 Å². The molecule has 0 radical (unpaired) electrons. The Labute approximate surface area is 227 Å². The lowest BCUT2D eigenvalue weighted by molar-refractivity contribution is 1.46. The minimum absolute atomic E-state index is 0.904. The second-order valence-electron chi connectivity index (χ2n) is 9.21. The van der Waals surface area contributed by atoms with Gasteiger partial charge in [-0.3, -0.25) is 8.88 Å². The van der Waals surface area contributed by atoms with Gasteiger partial charge in [0.15, 0.2) is 0 Å². The van der Waals surface area contributed by atoms with Crippen LogP contribution in [0.2, 0.25) is 0 Å². The molecular formula is C31H27N4P3. The summed E-state index contributed by atoms with van der Waals surface area (Å²) in [6.07, 6.45) is 0. The van der Waals surface area contributed by atoms with Crippen LogP contribution in [0.1, 0.15) is 5.56 Å². The molecule has 5 aromatic carbocycles. The molecule has 3 unspecified atom stereocenters. The van der Waals surface area contributed by atoms with Crippen LogP contribution in [0, 0.1) is 6.92 Å². The Morgan fingerprint density at radius 2 is 0.947 bits per heavy atom. The Hall–Kier alpha value is -3.41. The smallest absolute Gasteiger partial charge is 0.139 e. The van der Waals surface area contributed by atoms with Crippen molar-refractivity contribution in [3.8, 4) is 0 Å². The van der Waals surface area contributed by atoms with Crippen LogP contribution in [-0.2, 0) is 0 Å². The molecule has 0 aliphatic carbocycles. The van der Waals surface area contributed by atoms with Gasteiger partial charge in [0, 0.05) is 15.9 Å². The average Bonchev–Trinajstić information content (AvgIpc) is 3.34. The van der Waals surface area contributed by atoms with Gasteiger partial charge in [0.2, 0.25) is 0 Å². The van der Waals surface area contributed by atoms with Crippen molar-refractivity contribution in [1.82, 2.24) is 0 Å². The highest BCUT2D eigenvalue weighted by molar-refractivity contribution is 7.93. The summed E-state index contributed by atoms with van der Waals surface area (Å²) in [6, 6.07) is 48.5. The van der Waals surface area contributed by atoms with E-state index in [1.165, 1.54) is 38.5 Å². The van der Waals surface area contributed by atoms with Gasteiger partial charge in [-0.05, 0) is 30.7 Å². The summed E-state index contributed by atoms with van der Waals surface area (Å²) in [7, 11) is -2.80. The second kappa shape index (κ2) is 10.0. The summed E-state index contributed by atoms with van der Waals surface area (Å²) < 4.78 is 5.40. The van der Waals surface area contributed by atoms with E-state index in [1.54, 1.807) is 0 Å². The lowest BCUT2D eigenvalue weighted by atomic mass is 10.2. The highest BCUT2D eigenvalue weighted by Gasteiger charge is 2.47. The molecule has 0 saturated carbocycles. The van der Waals surface area contributed by atoms with Crippen molar-refractivity contribution in [1.29, 1.82) is 0 Å². The Kier molecular flexibility index (Phi) is 6.26. The number of aryl methyl sites for hydroxylation is 1. The van der Waals surface area contributed by atoms with Crippen LogP contribution in [0.15, 0.2) is 133 Å². The fourth-order valence-corrected chi connectivity index (χ4v) is 13.8. The third-order valence-corrected chi connectivity index (χ3v) is 14.4. The zero-order valence-corrected chi connectivity index (χ0v) is 23.6. The van der Waals surface area contributed by atoms with Gasteiger partial charge in [0.25, 0.3) is 0 Å². The summed E-state index contributed by atoms with van der Waals surface area (Å²) in [6.45, 7) is 2.20. The van der Waals surface area contributed by atoms with Crippen molar-refractivity contribution < 1.29 is 0 Å². The van der Waals surface area contributed by atoms with E-state index in [0.717, 1.165) is 5.69 Å². The summed E-state index contributed by atoms with van der Waals surface area (Å²) in [5.41, 5.74) is 6.14. The summed E-state index contributed by atoms with van der Waals surface area (Å²) in [5.74, 6) is 0. The maximum absolute atomic E-state index is 4.09. The van der Waals surface area contributed by atoms with E-state index in [2.05, 4.69) is 159 Å². The third-order valence-electron chi connectivity index (χ3n) is 6.76. The number of fused-ring (bicyclic) bond motifs is 6. The van der Waals surface area contributed by atoms with Gasteiger partial charge < -0.3 is 10.2 Å². The van der Waals surface area contributed by atoms with Gasteiger partial charge in [-0.1, -0.05) is 115 Å². The van der Waals surface area contributed by atoms with E-state index in [9.17, 15) is 0 Å². The molecule has 2 aliphatic heterocycles. The zero-order valence-electron chi connectivity index (χ0n) is 20.9. The summed E-state index contributed by atoms with van der Waals surface area (Å²) in [5, 5.41) is 12.1. The molecule has 0 amide bonds. The lowest BCUT2D eigenvalue weighted by Gasteiger charge is -2.39. The summed E-state index contributed by atoms with van der Waals surface area (Å²) in [4.78, 5) is 0. The molecule has 0 spiro atoms. The monoisotopic (exact) mass is 548 g/mol. The maximum Gasteiger partial charge on any atom is 0.139 e. The van der Waals surface area contributed by atoms with Crippen LogP contribution in [0.5, 0.6) is 0 Å². The number of hydrogen-bond acceptors (Lipinski definition) is 4. The number of benzene rings is 5. The highest BCUT2D eigenvalue weighted by Crippen LogP contribution is 2.74. The minimum atomic E-state index is -0.949. The molecule has 7 heteroatoms. The van der Waals surface area contributed by atoms with Crippen LogP contribution >= 0.6 is 24.7 Å². The second-order valence-corrected chi connectivity index (χ2v) is 15.3. The molecule has 0 fully saturated rings. The first-order valence-electron chi connectivity index (χ1n) is 12.7. The molecule has 2 bridgehead atoms. The van der Waals surface area contributed by atoms with Crippen molar-refractivity contribution in [2.24, 2.45) is 0 Å². The molecule has 5 aromatic rings. The van der Waals surface area contributed by atoms with Gasteiger partial charge in [-0.15, -0.1) is 0 Å². The van der Waals surface area contributed by atoms with Gasteiger partial charge in [-0.2, -0.15) is 0 Å². The van der Waals surface area contributed by atoms with Crippen LogP contribution in [-0.4, -0.2) is 0 Å². The number of para-hydroxylation sites is 3. The molecule has 186 valence electrons. The van der Waals surface area contributed by atoms with Gasteiger partial charge in [-0.25, -0.2) is 0 Å². The highest BCUT2D eigenvalue weighted by atomic mass is 31.2. The lowest BCUT2D eigenvalue weighted by Crippen LogP contribution is -2.28. The number of rotatable bonds is 3. The van der Waals surface area contributed by atoms with Gasteiger partial charge in [0.05, 0.1) is 22.7 Å². The fraction of sp³-hybridized carbons (Fsp3) is 0.0323.